The quantitative estimate of drug-likeness (QED) is 0.193. The van der Waals surface area contributed by atoms with Gasteiger partial charge in [0.2, 0.25) is 5.28 Å². The summed E-state index contributed by atoms with van der Waals surface area (Å²) in [6.07, 6.45) is -2.53. The van der Waals surface area contributed by atoms with Crippen molar-refractivity contribution in [1.29, 1.82) is 0 Å². The van der Waals surface area contributed by atoms with Crippen molar-refractivity contribution in [1.82, 2.24) is 19.5 Å². The number of aromatic nitrogens is 4. The molecule has 0 bridgehead atoms. The lowest BCUT2D eigenvalue weighted by molar-refractivity contribution is -0.0355. The second-order valence-corrected chi connectivity index (χ2v) is 9.47. The molecule has 1 fully saturated rings. The number of ether oxygens (including phenoxy) is 2. The first-order valence-electron chi connectivity index (χ1n) is 10.0. The number of hydrogen-bond acceptors (Lipinski definition) is 9. The molecule has 1 amide bonds. The summed E-state index contributed by atoms with van der Waals surface area (Å²) in [5, 5.41) is 22.9. The topological polar surface area (TPSA) is 189 Å². The Morgan fingerprint density at radius 3 is 2.75 bits per heavy atom. The lowest BCUT2D eigenvalue weighted by Gasteiger charge is -2.16. The highest BCUT2D eigenvalue weighted by atomic mass is 35.5. The van der Waals surface area contributed by atoms with Gasteiger partial charge in [0.25, 0.3) is 0 Å². The fraction of sp³-hybridized carbons (Fsp3) is 0.647. The third-order valence-corrected chi connectivity index (χ3v) is 5.92. The molecule has 0 aliphatic carbocycles. The molecule has 5 N–H and O–H groups in total. The Morgan fingerprint density at radius 2 is 2.06 bits per heavy atom. The van der Waals surface area contributed by atoms with Crippen molar-refractivity contribution in [2.75, 3.05) is 18.1 Å². The number of carbonyl (C=O) groups is 1. The number of halogens is 1. The van der Waals surface area contributed by atoms with Crippen LogP contribution in [0.3, 0.4) is 0 Å². The van der Waals surface area contributed by atoms with E-state index in [9.17, 15) is 19.6 Å². The number of nitrogens with zero attached hydrogens (tertiary/aromatic N) is 4. The van der Waals surface area contributed by atoms with Crippen LogP contribution in [-0.4, -0.2) is 76.7 Å². The van der Waals surface area contributed by atoms with E-state index in [-0.39, 0.29) is 35.3 Å². The lowest BCUT2D eigenvalue weighted by atomic mass is 10.1. The molecule has 0 spiro atoms. The lowest BCUT2D eigenvalue weighted by Crippen LogP contribution is -2.31. The van der Waals surface area contributed by atoms with Crippen LogP contribution in [0, 0.1) is 0 Å². The predicted octanol–water partition coefficient (Wildman–Crippen LogP) is 1.41. The molecule has 3 heterocycles. The Balaban J connectivity index is 1.79. The molecule has 4 atom stereocenters. The summed E-state index contributed by atoms with van der Waals surface area (Å²) < 4.78 is 23.2. The van der Waals surface area contributed by atoms with E-state index in [0.717, 1.165) is 19.3 Å². The van der Waals surface area contributed by atoms with Gasteiger partial charge in [0.15, 0.2) is 23.2 Å². The molecule has 0 radical (unpaired) electrons. The van der Waals surface area contributed by atoms with Crippen LogP contribution in [0.1, 0.15) is 38.8 Å². The molecule has 3 rings (SSSR count). The van der Waals surface area contributed by atoms with Gasteiger partial charge in [-0.15, -0.1) is 0 Å². The van der Waals surface area contributed by atoms with Crippen LogP contribution in [0.2, 0.25) is 5.28 Å². The summed E-state index contributed by atoms with van der Waals surface area (Å²) in [6, 6.07) is 0. The molecule has 1 unspecified atom stereocenters. The molecule has 13 nitrogen and oxygen atoms in total. The number of nitrogens with one attached hydrogen (secondary N) is 1. The van der Waals surface area contributed by atoms with E-state index >= 15 is 0 Å². The molecule has 15 heteroatoms. The number of anilines is 1. The fourth-order valence-corrected chi connectivity index (χ4v) is 4.06. The van der Waals surface area contributed by atoms with Crippen molar-refractivity contribution < 1.29 is 38.8 Å². The third-order valence-electron chi connectivity index (χ3n) is 4.91. The summed E-state index contributed by atoms with van der Waals surface area (Å²) in [4.78, 5) is 42.3. The maximum Gasteiger partial charge on any atom is 0.412 e. The minimum absolute atomic E-state index is 0.00896. The molecule has 32 heavy (non-hydrogen) atoms. The largest absolute Gasteiger partial charge is 0.449 e. The van der Waals surface area contributed by atoms with Crippen molar-refractivity contribution in [2.24, 2.45) is 0 Å². The van der Waals surface area contributed by atoms with Crippen molar-refractivity contribution in [2.45, 2.75) is 57.1 Å². The van der Waals surface area contributed by atoms with E-state index < -0.39 is 44.4 Å². The standard InChI is InChI=1S/C17H25ClN5O8P/c1-2-3-4-6-30-17(26)21-13-10-14(22-16(18)20-13)23(8-19-10)15-12(25)11(24)9(31-15)5-7-32(27,28)29/h8-9,11-12,15,24-25H,2-7H2,1H3,(H2,27,28,29)(H,20,21,22,26)/t9-,11?,12+,15-/m1/s1. The molecule has 1 aliphatic rings. The fourth-order valence-electron chi connectivity index (χ4n) is 3.31. The zero-order chi connectivity index (χ0) is 23.5. The highest BCUT2D eigenvalue weighted by Crippen LogP contribution is 2.39. The first-order chi connectivity index (χ1) is 15.1. The number of aliphatic hydroxyl groups excluding tert-OH is 2. The number of amides is 1. The van der Waals surface area contributed by atoms with Gasteiger partial charge in [-0.05, 0) is 24.4 Å². The highest BCUT2D eigenvalue weighted by Gasteiger charge is 2.44. The van der Waals surface area contributed by atoms with E-state index in [4.69, 9.17) is 30.9 Å². The second-order valence-electron chi connectivity index (χ2n) is 7.36. The summed E-state index contributed by atoms with van der Waals surface area (Å²) in [7, 11) is -4.30. The van der Waals surface area contributed by atoms with Gasteiger partial charge >= 0.3 is 13.7 Å². The number of fused-ring (bicyclic) bond motifs is 1. The zero-order valence-electron chi connectivity index (χ0n) is 17.2. The van der Waals surface area contributed by atoms with Gasteiger partial charge in [-0.2, -0.15) is 9.97 Å². The number of rotatable bonds is 9. The zero-order valence-corrected chi connectivity index (χ0v) is 18.8. The smallest absolute Gasteiger partial charge is 0.412 e. The van der Waals surface area contributed by atoms with Crippen LogP contribution in [0.25, 0.3) is 11.2 Å². The monoisotopic (exact) mass is 493 g/mol. The van der Waals surface area contributed by atoms with Crippen molar-refractivity contribution in [3.63, 3.8) is 0 Å². The molecule has 178 valence electrons. The van der Waals surface area contributed by atoms with Crippen LogP contribution in [0.5, 0.6) is 0 Å². The van der Waals surface area contributed by atoms with Crippen LogP contribution in [0.15, 0.2) is 6.33 Å². The van der Waals surface area contributed by atoms with Gasteiger partial charge in [0.05, 0.1) is 25.2 Å². The highest BCUT2D eigenvalue weighted by molar-refractivity contribution is 7.51. The van der Waals surface area contributed by atoms with E-state index in [1.165, 1.54) is 10.9 Å². The van der Waals surface area contributed by atoms with E-state index in [0.29, 0.717) is 0 Å². The average Bonchev–Trinajstić information content (AvgIpc) is 3.24. The summed E-state index contributed by atoms with van der Waals surface area (Å²) in [6.45, 7) is 2.27. The van der Waals surface area contributed by atoms with Crippen molar-refractivity contribution >= 4 is 42.3 Å². The SMILES string of the molecule is CCCCCOC(=O)Nc1nc(Cl)nc2c1ncn2[C@@H]1O[C@H](CCP(=O)(O)O)C(O)[C@@H]1O. The maximum absolute atomic E-state index is 12.1. The summed E-state index contributed by atoms with van der Waals surface area (Å²) in [5.41, 5.74) is 0.252. The number of aliphatic hydroxyl groups is 2. The molecule has 1 aliphatic heterocycles. The van der Waals surface area contributed by atoms with Crippen molar-refractivity contribution in [3.05, 3.63) is 11.6 Å². The summed E-state index contributed by atoms with van der Waals surface area (Å²) in [5.74, 6) is -0.00896. The van der Waals surface area contributed by atoms with Crippen LogP contribution < -0.4 is 5.32 Å². The van der Waals surface area contributed by atoms with Gasteiger partial charge in [0.1, 0.15) is 12.2 Å². The normalized spacial score (nSPS) is 23.6. The Bertz CT molecular complexity index is 1000. The summed E-state index contributed by atoms with van der Waals surface area (Å²) >= 11 is 5.99. The first-order valence-corrected chi connectivity index (χ1v) is 12.2. The minimum atomic E-state index is -4.30. The third kappa shape index (κ3) is 5.93. The number of carbonyl (C=O) groups excluding carboxylic acids is 1. The maximum atomic E-state index is 12.1. The Labute approximate surface area is 187 Å². The second kappa shape index (κ2) is 10.4. The Hall–Kier alpha value is -1.86. The molecule has 0 aromatic carbocycles. The predicted molar refractivity (Wildman–Crippen MR) is 112 cm³/mol. The molecule has 1 saturated heterocycles. The van der Waals surface area contributed by atoms with Crippen LogP contribution in [-0.2, 0) is 14.0 Å². The van der Waals surface area contributed by atoms with Crippen molar-refractivity contribution in [3.8, 4) is 0 Å². The van der Waals surface area contributed by atoms with Gasteiger partial charge in [0, 0.05) is 0 Å². The Kier molecular flexibility index (Phi) is 8.04. The van der Waals surface area contributed by atoms with Gasteiger partial charge < -0.3 is 29.5 Å². The number of imidazole rings is 1. The van der Waals surface area contributed by atoms with Gasteiger partial charge in [-0.25, -0.2) is 9.78 Å². The van der Waals surface area contributed by atoms with E-state index in [1.807, 2.05) is 6.92 Å². The first kappa shape index (κ1) is 24.8. The van der Waals surface area contributed by atoms with Crippen LogP contribution >= 0.6 is 19.2 Å². The molecule has 2 aromatic heterocycles. The molecular weight excluding hydrogens is 469 g/mol. The molecular formula is C17H25ClN5O8P. The van der Waals surface area contributed by atoms with Gasteiger partial charge in [-0.3, -0.25) is 14.4 Å². The number of unbranched alkanes of at least 4 members (excludes halogenated alkanes) is 2. The Morgan fingerprint density at radius 1 is 1.31 bits per heavy atom. The van der Waals surface area contributed by atoms with E-state index in [2.05, 4.69) is 20.3 Å². The van der Waals surface area contributed by atoms with E-state index in [1.54, 1.807) is 0 Å². The minimum Gasteiger partial charge on any atom is -0.449 e. The van der Waals surface area contributed by atoms with Crippen LogP contribution in [0.4, 0.5) is 10.6 Å². The average molecular weight is 494 g/mol. The number of hydrogen-bond donors (Lipinski definition) is 5. The molecule has 0 saturated carbocycles. The molecule has 2 aromatic rings. The van der Waals surface area contributed by atoms with Gasteiger partial charge in [-0.1, -0.05) is 19.8 Å².